The Morgan fingerprint density at radius 2 is 1.08 bits per heavy atom. The first-order valence-corrected chi connectivity index (χ1v) is 14.8. The number of fused-ring (bicyclic) bond motifs is 2. The van der Waals surface area contributed by atoms with E-state index in [9.17, 15) is 31.1 Å². The number of ether oxygens (including phenoxy) is 2. The summed E-state index contributed by atoms with van der Waals surface area (Å²) in [5, 5.41) is 7.93. The zero-order valence-corrected chi connectivity index (χ0v) is 27.5. The minimum absolute atomic E-state index is 0. The second kappa shape index (κ2) is 15.9. The fourth-order valence-corrected chi connectivity index (χ4v) is 5.33. The molecule has 0 unspecified atom stereocenters. The van der Waals surface area contributed by atoms with Gasteiger partial charge in [0, 0.05) is 64.2 Å². The molecule has 0 saturated carbocycles. The first-order chi connectivity index (χ1) is 22.6. The van der Waals surface area contributed by atoms with Crippen LogP contribution in [-0.2, 0) is 40.4 Å². The number of ketones is 1. The molecule has 267 valence electrons. The summed E-state index contributed by atoms with van der Waals surface area (Å²) in [5.41, 5.74) is 7.22. The van der Waals surface area contributed by atoms with Crippen molar-refractivity contribution in [2.75, 3.05) is 23.3 Å². The minimum Gasteiger partial charge on any atom is -0.504 e. The third-order valence-electron chi connectivity index (χ3n) is 8.12. The van der Waals surface area contributed by atoms with Crippen LogP contribution < -0.4 is 19.3 Å². The van der Waals surface area contributed by atoms with Gasteiger partial charge in [0.25, 0.3) is 5.78 Å². The molecule has 2 heterocycles. The number of allylic oxidation sites excluding steroid dienone is 2. The first-order valence-electron chi connectivity index (χ1n) is 14.8. The standard InChI is InChI=1S/C31H30N2O2.C5H2F6O2.CH4.Mn/c1-31(2,25-13-15-29-23(17-25)19-32(21-34-29)27-9-5-3-6-10-27)26-14-16-30-24(18-26)20-33(22-35-30)28-11-7-4-8-12-28;6-4(7,8)2(12)1-3(13)5(9,10)11;;/h3-18H,19-22H2,1-2H3;1,12H;1H4;/b;2-1-;;. The molecule has 2 aliphatic heterocycles. The van der Waals surface area contributed by atoms with E-state index in [1.165, 1.54) is 33.6 Å². The van der Waals surface area contributed by atoms with E-state index in [1.54, 1.807) is 0 Å². The maximum atomic E-state index is 11.4. The molecule has 0 saturated heterocycles. The summed E-state index contributed by atoms with van der Waals surface area (Å²) in [6.45, 7) is 7.42. The average Bonchev–Trinajstić information content (AvgIpc) is 3.07. The van der Waals surface area contributed by atoms with Crippen molar-refractivity contribution < 1.29 is 62.8 Å². The number of para-hydroxylation sites is 2. The number of hydrogen-bond acceptors (Lipinski definition) is 6. The molecule has 0 aromatic heterocycles. The predicted octanol–water partition coefficient (Wildman–Crippen LogP) is 9.48. The number of aliphatic hydroxyl groups is 1. The van der Waals surface area contributed by atoms with Gasteiger partial charge in [-0.2, -0.15) is 26.3 Å². The average molecular weight is 742 g/mol. The first kappa shape index (κ1) is 39.8. The molecule has 0 atom stereocenters. The van der Waals surface area contributed by atoms with Gasteiger partial charge in [-0.3, -0.25) is 4.79 Å². The Hall–Kier alpha value is -4.61. The van der Waals surface area contributed by atoms with Gasteiger partial charge in [0.15, 0.2) is 13.5 Å². The molecule has 0 spiro atoms. The Labute approximate surface area is 297 Å². The molecule has 4 aromatic carbocycles. The molecular weight excluding hydrogens is 705 g/mol. The van der Waals surface area contributed by atoms with Gasteiger partial charge in [-0.25, -0.2) is 0 Å². The zero-order chi connectivity index (χ0) is 34.7. The van der Waals surface area contributed by atoms with Crippen LogP contribution in [-0.4, -0.2) is 36.7 Å². The monoisotopic (exact) mass is 741 g/mol. The number of halogens is 6. The van der Waals surface area contributed by atoms with Gasteiger partial charge in [0.2, 0.25) is 5.76 Å². The molecular formula is C37H36F6MnN2O4. The number of nitrogens with zero attached hydrogens (tertiary/aromatic N) is 2. The van der Waals surface area contributed by atoms with Crippen molar-refractivity contribution in [2.24, 2.45) is 0 Å². The molecule has 50 heavy (non-hydrogen) atoms. The summed E-state index contributed by atoms with van der Waals surface area (Å²) in [7, 11) is 0. The number of carbonyl (C=O) groups is 1. The molecule has 6 nitrogen and oxygen atoms in total. The van der Waals surface area contributed by atoms with E-state index in [4.69, 9.17) is 14.6 Å². The Morgan fingerprint density at radius 1 is 0.680 bits per heavy atom. The molecule has 0 aliphatic carbocycles. The van der Waals surface area contributed by atoms with Gasteiger partial charge in [0.1, 0.15) is 11.5 Å². The topological polar surface area (TPSA) is 62.2 Å². The molecule has 6 rings (SSSR count). The number of alkyl halides is 6. The third-order valence-corrected chi connectivity index (χ3v) is 8.12. The van der Waals surface area contributed by atoms with Crippen LogP contribution >= 0.6 is 0 Å². The van der Waals surface area contributed by atoms with E-state index < -0.39 is 30.0 Å². The van der Waals surface area contributed by atoms with E-state index >= 15 is 0 Å². The SMILES string of the molecule is C.CC(C)(c1ccc2c(c1)CN(c1ccccc1)CO2)c1ccc2c(c1)CN(c1ccccc1)CO2.O=C(/C=C(\O)C(F)(F)F)C(F)(F)F.[Mn]. The molecule has 0 bridgehead atoms. The number of carbonyl (C=O) groups excluding carboxylic acids is 1. The van der Waals surface area contributed by atoms with Crippen molar-refractivity contribution in [1.82, 2.24) is 0 Å². The number of hydrogen-bond donors (Lipinski definition) is 1. The van der Waals surface area contributed by atoms with E-state index in [1.807, 2.05) is 12.1 Å². The van der Waals surface area contributed by atoms with Crippen LogP contribution in [0.4, 0.5) is 37.7 Å². The number of benzene rings is 4. The van der Waals surface area contributed by atoms with Crippen molar-refractivity contribution in [3.8, 4) is 11.5 Å². The van der Waals surface area contributed by atoms with Crippen LogP contribution in [0.15, 0.2) is 109 Å². The van der Waals surface area contributed by atoms with Crippen molar-refractivity contribution in [3.63, 3.8) is 0 Å². The molecule has 0 amide bonds. The molecule has 4 aromatic rings. The van der Waals surface area contributed by atoms with Crippen LogP contribution in [0.3, 0.4) is 0 Å². The Bertz CT molecular complexity index is 1680. The summed E-state index contributed by atoms with van der Waals surface area (Å²) in [6.07, 6.45) is -11.7. The number of anilines is 2. The quantitative estimate of drug-likeness (QED) is 0.0953. The van der Waals surface area contributed by atoms with Crippen LogP contribution in [0.5, 0.6) is 11.5 Å². The van der Waals surface area contributed by atoms with Crippen LogP contribution in [0, 0.1) is 0 Å². The smallest absolute Gasteiger partial charge is 0.454 e. The number of aliphatic hydroxyl groups excluding tert-OH is 1. The van der Waals surface area contributed by atoms with Crippen LogP contribution in [0.1, 0.15) is 43.5 Å². The van der Waals surface area contributed by atoms with Gasteiger partial charge >= 0.3 is 12.4 Å². The largest absolute Gasteiger partial charge is 0.504 e. The normalized spacial score (nSPS) is 14.3. The van der Waals surface area contributed by atoms with Crippen molar-refractivity contribution in [2.45, 2.75) is 52.1 Å². The van der Waals surface area contributed by atoms with Crippen molar-refractivity contribution in [3.05, 3.63) is 131 Å². The summed E-state index contributed by atoms with van der Waals surface area (Å²) in [4.78, 5) is 14.4. The van der Waals surface area contributed by atoms with Gasteiger partial charge < -0.3 is 24.4 Å². The minimum atomic E-state index is -5.42. The second-order valence-corrected chi connectivity index (χ2v) is 11.8. The van der Waals surface area contributed by atoms with Crippen LogP contribution in [0.2, 0.25) is 0 Å². The molecule has 2 aliphatic rings. The molecule has 0 fully saturated rings. The summed E-state index contributed by atoms with van der Waals surface area (Å²) < 4.78 is 80.2. The second-order valence-electron chi connectivity index (χ2n) is 11.8. The summed E-state index contributed by atoms with van der Waals surface area (Å²) >= 11 is 0. The van der Waals surface area contributed by atoms with E-state index in [-0.39, 0.29) is 29.9 Å². The Kier molecular flexibility index (Phi) is 12.7. The predicted molar refractivity (Wildman–Crippen MR) is 176 cm³/mol. The molecule has 1 radical (unpaired) electrons. The summed E-state index contributed by atoms with van der Waals surface area (Å²) in [5.74, 6) is -3.37. The van der Waals surface area contributed by atoms with E-state index in [0.29, 0.717) is 13.5 Å². The zero-order valence-electron chi connectivity index (χ0n) is 26.4. The third kappa shape index (κ3) is 9.33. The fourth-order valence-electron chi connectivity index (χ4n) is 5.33. The van der Waals surface area contributed by atoms with Gasteiger partial charge in [-0.05, 0) is 59.7 Å². The Morgan fingerprint density at radius 3 is 1.44 bits per heavy atom. The molecule has 13 heteroatoms. The fraction of sp³-hybridized carbons (Fsp3) is 0.270. The number of rotatable bonds is 5. The maximum absolute atomic E-state index is 11.4. The van der Waals surface area contributed by atoms with E-state index in [0.717, 1.165) is 24.6 Å². The van der Waals surface area contributed by atoms with Crippen LogP contribution in [0.25, 0.3) is 0 Å². The summed E-state index contributed by atoms with van der Waals surface area (Å²) in [6, 6.07) is 34.2. The van der Waals surface area contributed by atoms with Gasteiger partial charge in [-0.15, -0.1) is 0 Å². The van der Waals surface area contributed by atoms with Crippen molar-refractivity contribution in [1.29, 1.82) is 0 Å². The maximum Gasteiger partial charge on any atom is 0.454 e. The van der Waals surface area contributed by atoms with Gasteiger partial charge in [-0.1, -0.05) is 69.8 Å². The van der Waals surface area contributed by atoms with Crippen molar-refractivity contribution >= 4 is 17.2 Å². The Balaban J connectivity index is 0.000000389. The molecule has 1 N–H and O–H groups in total. The van der Waals surface area contributed by atoms with Gasteiger partial charge in [0.05, 0.1) is 0 Å². The van der Waals surface area contributed by atoms with E-state index in [2.05, 4.69) is 109 Å².